The molecule has 0 fully saturated rings. The van der Waals surface area contributed by atoms with Crippen molar-refractivity contribution in [3.8, 4) is 5.75 Å². The molecule has 0 saturated heterocycles. The van der Waals surface area contributed by atoms with Crippen molar-refractivity contribution in [1.29, 1.82) is 0 Å². The van der Waals surface area contributed by atoms with Gasteiger partial charge in [0.25, 0.3) is 0 Å². The molecule has 1 atom stereocenters. The zero-order valence-electron chi connectivity index (χ0n) is 12.0. The standard InChI is InChI=1S/C17H17Br3O/c1-3-8-21-16-7-5-12(10-15(16)19)17(20)13-9-11(2)4-6-14(13)18/h4-7,9-10,17H,3,8H2,1-2H3. The van der Waals surface area contributed by atoms with Gasteiger partial charge in [-0.15, -0.1) is 0 Å². The Labute approximate surface area is 151 Å². The Kier molecular flexibility index (Phi) is 6.33. The molecule has 21 heavy (non-hydrogen) atoms. The summed E-state index contributed by atoms with van der Waals surface area (Å²) in [5.41, 5.74) is 3.67. The molecule has 1 nitrogen and oxygen atoms in total. The van der Waals surface area contributed by atoms with Gasteiger partial charge in [0.05, 0.1) is 15.9 Å². The minimum Gasteiger partial charge on any atom is -0.492 e. The number of alkyl halides is 1. The van der Waals surface area contributed by atoms with Crippen LogP contribution >= 0.6 is 47.8 Å². The molecular formula is C17H17Br3O. The minimum absolute atomic E-state index is 0.142. The maximum Gasteiger partial charge on any atom is 0.133 e. The molecule has 0 bridgehead atoms. The molecule has 0 aliphatic heterocycles. The second-order valence-electron chi connectivity index (χ2n) is 4.93. The predicted octanol–water partition coefficient (Wildman–Crippen LogP) is 6.79. The van der Waals surface area contributed by atoms with Gasteiger partial charge in [-0.25, -0.2) is 0 Å². The number of hydrogen-bond acceptors (Lipinski definition) is 1. The highest BCUT2D eigenvalue weighted by molar-refractivity contribution is 9.11. The van der Waals surface area contributed by atoms with E-state index in [0.29, 0.717) is 0 Å². The number of rotatable bonds is 5. The molecular weight excluding hydrogens is 460 g/mol. The highest BCUT2D eigenvalue weighted by Gasteiger charge is 2.15. The lowest BCUT2D eigenvalue weighted by atomic mass is 10.0. The van der Waals surface area contributed by atoms with E-state index in [-0.39, 0.29) is 4.83 Å². The van der Waals surface area contributed by atoms with Crippen LogP contribution in [-0.2, 0) is 0 Å². The third-order valence-corrected chi connectivity index (χ3v) is 5.50. The van der Waals surface area contributed by atoms with E-state index in [1.165, 1.54) is 16.7 Å². The van der Waals surface area contributed by atoms with Gasteiger partial charge in [-0.3, -0.25) is 0 Å². The Morgan fingerprint density at radius 2 is 1.81 bits per heavy atom. The Morgan fingerprint density at radius 1 is 1.05 bits per heavy atom. The van der Waals surface area contributed by atoms with Gasteiger partial charge in [0.15, 0.2) is 0 Å². The summed E-state index contributed by atoms with van der Waals surface area (Å²) in [6.07, 6.45) is 1.01. The van der Waals surface area contributed by atoms with Crippen molar-refractivity contribution in [2.45, 2.75) is 25.1 Å². The molecule has 0 aromatic heterocycles. The number of ether oxygens (including phenoxy) is 1. The third-order valence-electron chi connectivity index (χ3n) is 3.13. The van der Waals surface area contributed by atoms with Crippen molar-refractivity contribution >= 4 is 47.8 Å². The quantitative estimate of drug-likeness (QED) is 0.431. The number of halogens is 3. The van der Waals surface area contributed by atoms with E-state index < -0.39 is 0 Å². The van der Waals surface area contributed by atoms with E-state index in [1.807, 2.05) is 6.07 Å². The summed E-state index contributed by atoms with van der Waals surface area (Å²) in [6.45, 7) is 4.94. The Morgan fingerprint density at radius 3 is 2.48 bits per heavy atom. The van der Waals surface area contributed by atoms with Crippen molar-refractivity contribution in [3.05, 3.63) is 62.0 Å². The van der Waals surface area contributed by atoms with Gasteiger partial charge in [0, 0.05) is 4.47 Å². The molecule has 112 valence electrons. The molecule has 0 radical (unpaired) electrons. The maximum atomic E-state index is 5.70. The monoisotopic (exact) mass is 474 g/mol. The van der Waals surface area contributed by atoms with Gasteiger partial charge < -0.3 is 4.74 Å². The van der Waals surface area contributed by atoms with Crippen LogP contribution in [-0.4, -0.2) is 6.61 Å². The molecule has 0 aliphatic carbocycles. The third kappa shape index (κ3) is 4.33. The molecule has 4 heteroatoms. The first-order valence-electron chi connectivity index (χ1n) is 6.85. The molecule has 0 heterocycles. The Hall–Kier alpha value is -0.320. The van der Waals surface area contributed by atoms with Gasteiger partial charge in [0.1, 0.15) is 5.75 Å². The second-order valence-corrected chi connectivity index (χ2v) is 7.55. The smallest absolute Gasteiger partial charge is 0.133 e. The zero-order chi connectivity index (χ0) is 15.4. The van der Waals surface area contributed by atoms with Crippen molar-refractivity contribution in [3.63, 3.8) is 0 Å². The SMILES string of the molecule is CCCOc1ccc(C(Br)c2cc(C)ccc2Br)cc1Br. The topological polar surface area (TPSA) is 9.23 Å². The summed E-state index contributed by atoms with van der Waals surface area (Å²) in [5, 5.41) is 0. The lowest BCUT2D eigenvalue weighted by molar-refractivity contribution is 0.315. The fourth-order valence-corrected chi connectivity index (χ4v) is 4.00. The first-order chi connectivity index (χ1) is 10.0. The van der Waals surface area contributed by atoms with Crippen LogP contribution in [0.4, 0.5) is 0 Å². The Bertz CT molecular complexity index is 625. The van der Waals surface area contributed by atoms with Crippen LogP contribution in [0.2, 0.25) is 0 Å². The fraction of sp³-hybridized carbons (Fsp3) is 0.294. The largest absolute Gasteiger partial charge is 0.492 e. The maximum absolute atomic E-state index is 5.70. The van der Waals surface area contributed by atoms with Crippen molar-refractivity contribution < 1.29 is 4.74 Å². The summed E-state index contributed by atoms with van der Waals surface area (Å²) in [4.78, 5) is 0.142. The van der Waals surface area contributed by atoms with Crippen molar-refractivity contribution in [1.82, 2.24) is 0 Å². The average molecular weight is 477 g/mol. The molecule has 0 N–H and O–H groups in total. The van der Waals surface area contributed by atoms with Gasteiger partial charge >= 0.3 is 0 Å². The summed E-state index contributed by atoms with van der Waals surface area (Å²) >= 11 is 11.0. The van der Waals surface area contributed by atoms with Crippen LogP contribution in [0, 0.1) is 6.92 Å². The zero-order valence-corrected chi connectivity index (χ0v) is 16.8. The molecule has 0 saturated carbocycles. The predicted molar refractivity (Wildman–Crippen MR) is 99.6 cm³/mol. The van der Waals surface area contributed by atoms with Crippen LogP contribution in [0.3, 0.4) is 0 Å². The average Bonchev–Trinajstić information content (AvgIpc) is 2.47. The number of benzene rings is 2. The number of hydrogen-bond donors (Lipinski definition) is 0. The lowest BCUT2D eigenvalue weighted by Gasteiger charge is -2.15. The van der Waals surface area contributed by atoms with Gasteiger partial charge in [0.2, 0.25) is 0 Å². The van der Waals surface area contributed by atoms with Crippen LogP contribution in [0.25, 0.3) is 0 Å². The molecule has 0 aliphatic rings. The van der Waals surface area contributed by atoms with Gasteiger partial charge in [-0.2, -0.15) is 0 Å². The first kappa shape index (κ1) is 17.0. The van der Waals surface area contributed by atoms with E-state index in [1.54, 1.807) is 0 Å². The number of aryl methyl sites for hydroxylation is 1. The molecule has 2 rings (SSSR count). The lowest BCUT2D eigenvalue weighted by Crippen LogP contribution is -1.98. The molecule has 2 aromatic rings. The normalized spacial score (nSPS) is 12.2. The molecule has 0 spiro atoms. The van der Waals surface area contributed by atoms with Crippen LogP contribution < -0.4 is 4.74 Å². The van der Waals surface area contributed by atoms with E-state index in [4.69, 9.17) is 4.74 Å². The van der Waals surface area contributed by atoms with E-state index in [9.17, 15) is 0 Å². The molecule has 1 unspecified atom stereocenters. The summed E-state index contributed by atoms with van der Waals surface area (Å²) in [6, 6.07) is 12.6. The highest BCUT2D eigenvalue weighted by Crippen LogP contribution is 2.38. The van der Waals surface area contributed by atoms with E-state index >= 15 is 0 Å². The second kappa shape index (κ2) is 7.80. The molecule has 0 amide bonds. The van der Waals surface area contributed by atoms with Crippen LogP contribution in [0.15, 0.2) is 45.3 Å². The van der Waals surface area contributed by atoms with Crippen LogP contribution in [0.1, 0.15) is 34.9 Å². The van der Waals surface area contributed by atoms with Gasteiger partial charge in [-0.1, -0.05) is 62.5 Å². The fourth-order valence-electron chi connectivity index (χ4n) is 2.04. The molecule has 2 aromatic carbocycles. The van der Waals surface area contributed by atoms with E-state index in [0.717, 1.165) is 27.7 Å². The van der Waals surface area contributed by atoms with Crippen LogP contribution in [0.5, 0.6) is 5.75 Å². The summed E-state index contributed by atoms with van der Waals surface area (Å²) in [7, 11) is 0. The van der Waals surface area contributed by atoms with Crippen molar-refractivity contribution in [2.24, 2.45) is 0 Å². The van der Waals surface area contributed by atoms with Crippen molar-refractivity contribution in [2.75, 3.05) is 6.61 Å². The summed E-state index contributed by atoms with van der Waals surface area (Å²) in [5.74, 6) is 0.892. The Balaban J connectivity index is 2.29. The minimum atomic E-state index is 0.142. The van der Waals surface area contributed by atoms with E-state index in [2.05, 4.69) is 92.0 Å². The first-order valence-corrected chi connectivity index (χ1v) is 9.35. The van der Waals surface area contributed by atoms with Gasteiger partial charge in [-0.05, 0) is 58.6 Å². The highest BCUT2D eigenvalue weighted by atomic mass is 79.9. The summed E-state index contributed by atoms with van der Waals surface area (Å²) < 4.78 is 7.79.